The normalized spacial score (nSPS) is 17.2. The van der Waals surface area contributed by atoms with Crippen LogP contribution in [0, 0.1) is 10.1 Å². The highest BCUT2D eigenvalue weighted by atomic mass is 16.6. The molecule has 186 valence electrons. The molecule has 1 aliphatic heterocycles. The van der Waals surface area contributed by atoms with E-state index < -0.39 is 28.4 Å². The number of hydrogen-bond acceptors (Lipinski definition) is 8. The fraction of sp³-hybridized carbons (Fsp3) is 0.360. The number of rotatable bonds is 10. The Morgan fingerprint density at radius 1 is 1.06 bits per heavy atom. The summed E-state index contributed by atoms with van der Waals surface area (Å²) in [6.45, 7) is 6.40. The summed E-state index contributed by atoms with van der Waals surface area (Å²) in [5.41, 5.74) is 0.515. The first-order chi connectivity index (χ1) is 16.8. The number of methoxy groups -OCH3 is 2. The van der Waals surface area contributed by atoms with Crippen LogP contribution in [0.4, 0.5) is 5.69 Å². The highest BCUT2D eigenvalue weighted by Gasteiger charge is 2.46. The zero-order valence-electron chi connectivity index (χ0n) is 20.2. The van der Waals surface area contributed by atoms with E-state index in [9.17, 15) is 24.8 Å². The van der Waals surface area contributed by atoms with Crippen molar-refractivity contribution in [1.29, 1.82) is 0 Å². The van der Waals surface area contributed by atoms with Crippen molar-refractivity contribution >= 4 is 23.1 Å². The molecule has 0 saturated carbocycles. The van der Waals surface area contributed by atoms with Gasteiger partial charge in [0.15, 0.2) is 11.5 Å². The van der Waals surface area contributed by atoms with Crippen molar-refractivity contribution in [2.75, 3.05) is 40.4 Å². The predicted molar refractivity (Wildman–Crippen MR) is 129 cm³/mol. The molecule has 0 bridgehead atoms. The van der Waals surface area contributed by atoms with Gasteiger partial charge in [-0.2, -0.15) is 0 Å². The minimum atomic E-state index is -0.874. The fourth-order valence-electron chi connectivity index (χ4n) is 4.17. The van der Waals surface area contributed by atoms with Crippen LogP contribution in [0.2, 0.25) is 0 Å². The molecule has 1 amide bonds. The summed E-state index contributed by atoms with van der Waals surface area (Å²) in [5, 5.41) is 22.1. The maximum Gasteiger partial charge on any atom is 0.295 e. The van der Waals surface area contributed by atoms with Gasteiger partial charge in [-0.05, 0) is 42.9 Å². The van der Waals surface area contributed by atoms with Gasteiger partial charge in [-0.15, -0.1) is 0 Å². The van der Waals surface area contributed by atoms with E-state index >= 15 is 0 Å². The third kappa shape index (κ3) is 5.12. The Morgan fingerprint density at radius 3 is 2.23 bits per heavy atom. The number of amides is 1. The van der Waals surface area contributed by atoms with Crippen LogP contribution in [-0.4, -0.2) is 71.9 Å². The summed E-state index contributed by atoms with van der Waals surface area (Å²) in [6, 6.07) is 9.35. The highest BCUT2D eigenvalue weighted by molar-refractivity contribution is 6.46. The molecule has 1 unspecified atom stereocenters. The number of nitro benzene ring substituents is 1. The second-order valence-electron chi connectivity index (χ2n) is 7.94. The lowest BCUT2D eigenvalue weighted by molar-refractivity contribution is -0.384. The van der Waals surface area contributed by atoms with Crippen molar-refractivity contribution in [3.8, 4) is 11.5 Å². The van der Waals surface area contributed by atoms with Crippen molar-refractivity contribution < 1.29 is 29.1 Å². The third-order valence-electron chi connectivity index (χ3n) is 6.17. The van der Waals surface area contributed by atoms with Gasteiger partial charge in [-0.3, -0.25) is 19.7 Å². The number of aliphatic hydroxyl groups is 1. The van der Waals surface area contributed by atoms with E-state index in [1.807, 2.05) is 13.8 Å². The quantitative estimate of drug-likeness (QED) is 0.179. The van der Waals surface area contributed by atoms with Crippen molar-refractivity contribution in [2.24, 2.45) is 0 Å². The smallest absolute Gasteiger partial charge is 0.295 e. The van der Waals surface area contributed by atoms with E-state index in [2.05, 4.69) is 4.90 Å². The Labute approximate surface area is 203 Å². The molecule has 1 fully saturated rings. The van der Waals surface area contributed by atoms with E-state index in [0.717, 1.165) is 13.1 Å². The van der Waals surface area contributed by atoms with Crippen molar-refractivity contribution in [2.45, 2.75) is 19.9 Å². The second-order valence-corrected chi connectivity index (χ2v) is 7.94. The molecular formula is C25H29N3O7. The topological polar surface area (TPSA) is 122 Å². The first kappa shape index (κ1) is 25.7. The van der Waals surface area contributed by atoms with Gasteiger partial charge in [0.05, 0.1) is 30.8 Å². The van der Waals surface area contributed by atoms with Gasteiger partial charge in [0, 0.05) is 30.8 Å². The summed E-state index contributed by atoms with van der Waals surface area (Å²) < 4.78 is 10.7. The molecule has 1 N–H and O–H groups in total. The van der Waals surface area contributed by atoms with Gasteiger partial charge in [0.25, 0.3) is 17.4 Å². The van der Waals surface area contributed by atoms with Crippen LogP contribution < -0.4 is 9.47 Å². The molecule has 10 nitrogen and oxygen atoms in total. The van der Waals surface area contributed by atoms with Crippen LogP contribution >= 0.6 is 0 Å². The lowest BCUT2D eigenvalue weighted by Gasteiger charge is -2.28. The van der Waals surface area contributed by atoms with Gasteiger partial charge in [0.1, 0.15) is 5.76 Å². The number of non-ortho nitro benzene ring substituents is 1. The molecule has 2 aromatic rings. The number of ketones is 1. The molecule has 0 radical (unpaired) electrons. The molecule has 0 spiro atoms. The molecule has 1 saturated heterocycles. The summed E-state index contributed by atoms with van der Waals surface area (Å²) in [7, 11) is 2.98. The number of carbonyl (C=O) groups is 2. The number of hydrogen-bond donors (Lipinski definition) is 1. The number of ether oxygens (including phenoxy) is 2. The number of nitrogens with zero attached hydrogens (tertiary/aromatic N) is 3. The molecule has 2 aromatic carbocycles. The van der Waals surface area contributed by atoms with E-state index in [4.69, 9.17) is 9.47 Å². The zero-order valence-corrected chi connectivity index (χ0v) is 20.2. The third-order valence-corrected chi connectivity index (χ3v) is 6.17. The maximum absolute atomic E-state index is 13.2. The summed E-state index contributed by atoms with van der Waals surface area (Å²) in [5.74, 6) is -1.05. The minimum absolute atomic E-state index is 0.0874. The maximum atomic E-state index is 13.2. The molecule has 10 heteroatoms. The van der Waals surface area contributed by atoms with Crippen molar-refractivity contribution in [3.63, 3.8) is 0 Å². The molecule has 0 aliphatic carbocycles. The summed E-state index contributed by atoms with van der Waals surface area (Å²) >= 11 is 0. The molecule has 3 rings (SSSR count). The van der Waals surface area contributed by atoms with Gasteiger partial charge in [0.2, 0.25) is 0 Å². The average Bonchev–Trinajstić information content (AvgIpc) is 3.13. The van der Waals surface area contributed by atoms with Crippen LogP contribution in [0.1, 0.15) is 31.0 Å². The van der Waals surface area contributed by atoms with Gasteiger partial charge < -0.3 is 24.4 Å². The van der Waals surface area contributed by atoms with Gasteiger partial charge in [-0.25, -0.2) is 0 Å². The SMILES string of the molecule is CCN(CC)CCN1C(=O)C(=O)C(=C(O)c2ccc([N+](=O)[O-])cc2)C1c1ccc(OC)c(OC)c1. The number of aliphatic hydroxyl groups excluding tert-OH is 1. The summed E-state index contributed by atoms with van der Waals surface area (Å²) in [4.78, 5) is 40.3. The van der Waals surface area contributed by atoms with Gasteiger partial charge in [-0.1, -0.05) is 19.9 Å². The van der Waals surface area contributed by atoms with Crippen LogP contribution in [0.5, 0.6) is 11.5 Å². The average molecular weight is 484 g/mol. The lowest BCUT2D eigenvalue weighted by Crippen LogP contribution is -2.38. The first-order valence-electron chi connectivity index (χ1n) is 11.2. The predicted octanol–water partition coefficient (Wildman–Crippen LogP) is 3.38. The zero-order chi connectivity index (χ0) is 25.7. The molecule has 1 heterocycles. The van der Waals surface area contributed by atoms with E-state index in [1.54, 1.807) is 18.2 Å². The Hall–Kier alpha value is -3.92. The molecule has 1 atom stereocenters. The van der Waals surface area contributed by atoms with Crippen molar-refractivity contribution in [3.05, 3.63) is 69.3 Å². The standard InChI is InChI=1S/C25H29N3O7/c1-5-26(6-2)13-14-27-22(17-9-12-19(34-3)20(15-17)35-4)21(24(30)25(27)31)23(29)16-7-10-18(11-8-16)28(32)33/h7-12,15,22,29H,5-6,13-14H2,1-4H3. The lowest BCUT2D eigenvalue weighted by atomic mass is 9.95. The first-order valence-corrected chi connectivity index (χ1v) is 11.2. The number of benzene rings is 2. The van der Waals surface area contributed by atoms with E-state index in [-0.39, 0.29) is 23.4 Å². The van der Waals surface area contributed by atoms with Gasteiger partial charge >= 0.3 is 0 Å². The van der Waals surface area contributed by atoms with Crippen LogP contribution in [0.25, 0.3) is 5.76 Å². The fourth-order valence-corrected chi connectivity index (χ4v) is 4.17. The van der Waals surface area contributed by atoms with Crippen LogP contribution in [-0.2, 0) is 9.59 Å². The molecule has 35 heavy (non-hydrogen) atoms. The van der Waals surface area contributed by atoms with E-state index in [0.29, 0.717) is 23.6 Å². The molecular weight excluding hydrogens is 454 g/mol. The molecule has 0 aromatic heterocycles. The van der Waals surface area contributed by atoms with E-state index in [1.165, 1.54) is 43.4 Å². The number of likely N-dealkylation sites (N-methyl/N-ethyl adjacent to an activating group) is 1. The Balaban J connectivity index is 2.14. The van der Waals surface area contributed by atoms with Crippen LogP contribution in [0.3, 0.4) is 0 Å². The number of carbonyl (C=O) groups excluding carboxylic acids is 2. The van der Waals surface area contributed by atoms with Crippen molar-refractivity contribution in [1.82, 2.24) is 9.80 Å². The number of nitro groups is 1. The molecule has 1 aliphatic rings. The Morgan fingerprint density at radius 2 is 1.69 bits per heavy atom. The minimum Gasteiger partial charge on any atom is -0.507 e. The summed E-state index contributed by atoms with van der Waals surface area (Å²) in [6.07, 6.45) is 0. The van der Waals surface area contributed by atoms with Crippen LogP contribution in [0.15, 0.2) is 48.0 Å². The number of likely N-dealkylation sites (tertiary alicyclic amines) is 1. The second kappa shape index (κ2) is 11.0. The number of Topliss-reactive ketones (excluding diaryl/α,β-unsaturated/α-hetero) is 1. The largest absolute Gasteiger partial charge is 0.507 e. The highest BCUT2D eigenvalue weighted by Crippen LogP contribution is 2.42. The Kier molecular flexibility index (Phi) is 8.08. The monoisotopic (exact) mass is 483 g/mol. The Bertz CT molecular complexity index is 1140.